The van der Waals surface area contributed by atoms with Crippen molar-refractivity contribution in [3.63, 3.8) is 0 Å². The van der Waals surface area contributed by atoms with E-state index in [1.165, 1.54) is 0 Å². The van der Waals surface area contributed by atoms with E-state index in [0.717, 1.165) is 16.7 Å². The summed E-state index contributed by atoms with van der Waals surface area (Å²) in [5, 5.41) is 7.75. The summed E-state index contributed by atoms with van der Waals surface area (Å²) < 4.78 is 5.10. The lowest BCUT2D eigenvalue weighted by molar-refractivity contribution is -0.129. The second kappa shape index (κ2) is 14.1. The average Bonchev–Trinajstić information content (AvgIpc) is 2.91. The van der Waals surface area contributed by atoms with Crippen molar-refractivity contribution in [3.05, 3.63) is 108 Å². The van der Waals surface area contributed by atoms with Gasteiger partial charge in [-0.3, -0.25) is 9.59 Å². The summed E-state index contributed by atoms with van der Waals surface area (Å²) in [5.74, 6) is -1.06. The Kier molecular flexibility index (Phi) is 10.2. The van der Waals surface area contributed by atoms with Gasteiger partial charge in [0.05, 0.1) is 6.04 Å². The lowest BCUT2D eigenvalue weighted by Crippen LogP contribution is -2.53. The van der Waals surface area contributed by atoms with Crippen molar-refractivity contribution in [2.45, 2.75) is 31.5 Å². The van der Waals surface area contributed by atoms with Gasteiger partial charge in [0, 0.05) is 6.42 Å². The van der Waals surface area contributed by atoms with Crippen LogP contribution in [0.2, 0.25) is 0 Å². The van der Waals surface area contributed by atoms with E-state index >= 15 is 0 Å². The van der Waals surface area contributed by atoms with E-state index in [1.807, 2.05) is 91.0 Å². The number of aldehydes is 1. The van der Waals surface area contributed by atoms with Crippen molar-refractivity contribution in [2.75, 3.05) is 6.54 Å². The van der Waals surface area contributed by atoms with E-state index in [-0.39, 0.29) is 19.6 Å². The van der Waals surface area contributed by atoms with E-state index in [0.29, 0.717) is 12.7 Å². The van der Waals surface area contributed by atoms with Crippen LogP contribution in [0, 0.1) is 0 Å². The first-order chi connectivity index (χ1) is 17.5. The van der Waals surface area contributed by atoms with Gasteiger partial charge in [-0.25, -0.2) is 4.79 Å². The number of rotatable bonds is 12. The molecule has 0 fully saturated rings. The summed E-state index contributed by atoms with van der Waals surface area (Å²) in [6.07, 6.45) is 0.475. The zero-order valence-corrected chi connectivity index (χ0v) is 19.8. The average molecular weight is 488 g/mol. The van der Waals surface area contributed by atoms with Crippen molar-refractivity contribution in [1.29, 1.82) is 0 Å². The highest BCUT2D eigenvalue weighted by Crippen LogP contribution is 2.06. The number of benzene rings is 3. The number of carbonyl (C=O) groups is 4. The second-order valence-electron chi connectivity index (χ2n) is 8.17. The van der Waals surface area contributed by atoms with Gasteiger partial charge in [-0.05, 0) is 23.1 Å². The Morgan fingerprint density at radius 2 is 1.25 bits per heavy atom. The highest BCUT2D eigenvalue weighted by Gasteiger charge is 2.24. The topological polar surface area (TPSA) is 114 Å². The van der Waals surface area contributed by atoms with Gasteiger partial charge < -0.3 is 25.5 Å². The van der Waals surface area contributed by atoms with Crippen LogP contribution in [0.1, 0.15) is 16.7 Å². The predicted octanol–water partition coefficient (Wildman–Crippen LogP) is 2.57. The minimum atomic E-state index is -0.944. The van der Waals surface area contributed by atoms with Crippen molar-refractivity contribution in [3.8, 4) is 0 Å². The fraction of sp³-hybridized carbons (Fsp3) is 0.214. The van der Waals surface area contributed by atoms with Crippen molar-refractivity contribution in [1.82, 2.24) is 16.0 Å². The van der Waals surface area contributed by atoms with E-state index in [9.17, 15) is 19.2 Å². The van der Waals surface area contributed by atoms with Crippen LogP contribution < -0.4 is 16.0 Å². The summed E-state index contributed by atoms with van der Waals surface area (Å²) in [4.78, 5) is 49.2. The molecule has 0 aromatic heterocycles. The monoisotopic (exact) mass is 487 g/mol. The molecule has 0 aliphatic heterocycles. The van der Waals surface area contributed by atoms with Gasteiger partial charge in [-0.15, -0.1) is 0 Å². The minimum Gasteiger partial charge on any atom is -0.445 e. The Hall–Kier alpha value is -4.46. The third kappa shape index (κ3) is 9.06. The molecule has 3 aromatic rings. The molecule has 0 aliphatic carbocycles. The van der Waals surface area contributed by atoms with Gasteiger partial charge in [-0.2, -0.15) is 0 Å². The highest BCUT2D eigenvalue weighted by molar-refractivity contribution is 5.90. The molecule has 36 heavy (non-hydrogen) atoms. The fourth-order valence-corrected chi connectivity index (χ4v) is 3.52. The molecule has 8 heteroatoms. The summed E-state index contributed by atoms with van der Waals surface area (Å²) in [7, 11) is 0. The smallest absolute Gasteiger partial charge is 0.407 e. The normalized spacial score (nSPS) is 12.0. The van der Waals surface area contributed by atoms with E-state index in [4.69, 9.17) is 4.74 Å². The number of alkyl carbamates (subject to hydrolysis) is 1. The molecule has 0 saturated carbocycles. The Balaban J connectivity index is 1.56. The van der Waals surface area contributed by atoms with Crippen LogP contribution in [0.15, 0.2) is 91.0 Å². The molecule has 3 aromatic carbocycles. The molecular formula is C28H29N3O5. The molecule has 3 amide bonds. The molecule has 0 heterocycles. The number of hydrogen-bond acceptors (Lipinski definition) is 5. The zero-order valence-electron chi connectivity index (χ0n) is 19.8. The first-order valence-electron chi connectivity index (χ1n) is 11.6. The van der Waals surface area contributed by atoms with Gasteiger partial charge in [0.1, 0.15) is 25.5 Å². The quantitative estimate of drug-likeness (QED) is 0.340. The lowest BCUT2D eigenvalue weighted by atomic mass is 10.0. The largest absolute Gasteiger partial charge is 0.445 e. The number of hydrogen-bond donors (Lipinski definition) is 3. The SMILES string of the molecule is O=C[C@H](Cc1ccccc1)NC(=O)[C@H](Cc1ccccc1)NC(=O)CNC(=O)OCc1ccccc1. The summed E-state index contributed by atoms with van der Waals surface area (Å²) >= 11 is 0. The lowest BCUT2D eigenvalue weighted by Gasteiger charge is -2.21. The third-order valence-corrected chi connectivity index (χ3v) is 5.33. The van der Waals surface area contributed by atoms with Gasteiger partial charge in [0.2, 0.25) is 11.8 Å². The molecule has 0 radical (unpaired) electrons. The summed E-state index contributed by atoms with van der Waals surface area (Å²) in [6.45, 7) is -0.296. The van der Waals surface area contributed by atoms with Crippen molar-refractivity contribution in [2.24, 2.45) is 0 Å². The Labute approximate surface area is 210 Å². The molecule has 186 valence electrons. The summed E-state index contributed by atoms with van der Waals surface area (Å²) in [5.41, 5.74) is 2.55. The Morgan fingerprint density at radius 3 is 1.81 bits per heavy atom. The predicted molar refractivity (Wildman–Crippen MR) is 135 cm³/mol. The van der Waals surface area contributed by atoms with Gasteiger partial charge in [-0.1, -0.05) is 91.0 Å². The molecule has 0 unspecified atom stereocenters. The number of amides is 3. The van der Waals surface area contributed by atoms with Gasteiger partial charge in [0.25, 0.3) is 0 Å². The third-order valence-electron chi connectivity index (χ3n) is 5.33. The number of nitrogens with one attached hydrogen (secondary N) is 3. The first kappa shape index (κ1) is 26.2. The molecular weight excluding hydrogens is 458 g/mol. The molecule has 2 atom stereocenters. The Morgan fingerprint density at radius 1 is 0.722 bits per heavy atom. The highest BCUT2D eigenvalue weighted by atomic mass is 16.5. The zero-order chi connectivity index (χ0) is 25.6. The first-order valence-corrected chi connectivity index (χ1v) is 11.6. The molecule has 3 N–H and O–H groups in total. The van der Waals surface area contributed by atoms with E-state index < -0.39 is 30.0 Å². The van der Waals surface area contributed by atoms with Crippen LogP contribution in [0.5, 0.6) is 0 Å². The van der Waals surface area contributed by atoms with Crippen LogP contribution in [-0.2, 0) is 38.6 Å². The maximum absolute atomic E-state index is 13.0. The maximum Gasteiger partial charge on any atom is 0.407 e. The molecule has 0 saturated heterocycles. The molecule has 0 bridgehead atoms. The van der Waals surface area contributed by atoms with E-state index in [1.54, 1.807) is 0 Å². The second-order valence-corrected chi connectivity index (χ2v) is 8.17. The fourth-order valence-electron chi connectivity index (χ4n) is 3.52. The van der Waals surface area contributed by atoms with Crippen LogP contribution in [0.25, 0.3) is 0 Å². The van der Waals surface area contributed by atoms with E-state index in [2.05, 4.69) is 16.0 Å². The molecule has 8 nitrogen and oxygen atoms in total. The summed E-state index contributed by atoms with van der Waals surface area (Å²) in [6, 6.07) is 26.0. The Bertz CT molecular complexity index is 1120. The van der Waals surface area contributed by atoms with Gasteiger partial charge >= 0.3 is 6.09 Å². The molecule has 0 spiro atoms. The van der Waals surface area contributed by atoms with Crippen LogP contribution in [-0.4, -0.2) is 42.8 Å². The minimum absolute atomic E-state index is 0.0713. The molecule has 0 aliphatic rings. The van der Waals surface area contributed by atoms with Crippen molar-refractivity contribution < 1.29 is 23.9 Å². The van der Waals surface area contributed by atoms with Crippen LogP contribution in [0.3, 0.4) is 0 Å². The van der Waals surface area contributed by atoms with Crippen LogP contribution >= 0.6 is 0 Å². The van der Waals surface area contributed by atoms with Crippen molar-refractivity contribution >= 4 is 24.2 Å². The maximum atomic E-state index is 13.0. The number of carbonyl (C=O) groups excluding carboxylic acids is 4. The standard InChI is InChI=1S/C28H29N3O5/c32-19-24(16-21-10-4-1-5-11-21)30-27(34)25(17-22-12-6-2-7-13-22)31-26(33)18-29-28(35)36-20-23-14-8-3-9-15-23/h1-15,19,24-25H,16-18,20H2,(H,29,35)(H,30,34)(H,31,33)/t24-,25-/m0/s1. The molecule has 3 rings (SSSR count). The van der Waals surface area contributed by atoms with Crippen LogP contribution in [0.4, 0.5) is 4.79 Å². The van der Waals surface area contributed by atoms with Gasteiger partial charge in [0.15, 0.2) is 0 Å². The number of ether oxygens (including phenoxy) is 1.